The van der Waals surface area contributed by atoms with Gasteiger partial charge in [0.25, 0.3) is 0 Å². The van der Waals surface area contributed by atoms with E-state index in [0.717, 1.165) is 62.2 Å². The Morgan fingerprint density at radius 3 is 1.31 bits per heavy atom. The highest BCUT2D eigenvalue weighted by Gasteiger charge is 2.44. The molecule has 4 heteroatoms. The second-order valence-corrected chi connectivity index (χ2v) is 16.3. The van der Waals surface area contributed by atoms with Crippen molar-refractivity contribution in [3.05, 3.63) is 0 Å². The monoisotopic (exact) mass is 593 g/mol. The summed E-state index contributed by atoms with van der Waals surface area (Å²) in [5, 5.41) is 0. The van der Waals surface area contributed by atoms with Crippen molar-refractivity contribution >= 4 is 5.78 Å². The molecule has 5 aliphatic carbocycles. The summed E-state index contributed by atoms with van der Waals surface area (Å²) in [6, 6.07) is 0. The Hall–Kier alpha value is -0.510. The summed E-state index contributed by atoms with van der Waals surface area (Å²) >= 11 is 0. The molecule has 2 nitrogen and oxygen atoms in total. The number of Topliss-reactive ketones (excluding diaryl/α,β-unsaturated/α-hetero) is 1. The lowest BCUT2D eigenvalue weighted by atomic mass is 9.71. The third-order valence-electron chi connectivity index (χ3n) is 12.6. The van der Waals surface area contributed by atoms with Gasteiger partial charge in [-0.25, -0.2) is 0 Å². The number of hydrogen-bond donors (Lipinski definition) is 0. The van der Waals surface area contributed by atoms with Gasteiger partial charge in [0.1, 0.15) is 5.78 Å². The molecule has 5 rings (SSSR count). The smallest absolute Gasteiger partial charge is 0.317 e. The van der Waals surface area contributed by atoms with Crippen LogP contribution in [0.5, 0.6) is 0 Å². The number of ether oxygens (including phenoxy) is 1. The predicted molar refractivity (Wildman–Crippen MR) is 171 cm³/mol. The molecule has 0 aromatic heterocycles. The van der Waals surface area contributed by atoms with E-state index >= 15 is 0 Å². The third-order valence-corrected chi connectivity index (χ3v) is 12.6. The van der Waals surface area contributed by atoms with Crippen LogP contribution in [0.4, 0.5) is 8.78 Å². The highest BCUT2D eigenvalue weighted by molar-refractivity contribution is 5.83. The van der Waals surface area contributed by atoms with Crippen LogP contribution in [-0.4, -0.2) is 18.0 Å². The third kappa shape index (κ3) is 10.8. The lowest BCUT2D eigenvalue weighted by molar-refractivity contribution is -0.301. The van der Waals surface area contributed by atoms with Crippen molar-refractivity contribution in [3.8, 4) is 0 Å². The second-order valence-electron chi connectivity index (χ2n) is 16.3. The van der Waals surface area contributed by atoms with Crippen LogP contribution in [0.1, 0.15) is 169 Å². The number of halogens is 2. The molecule has 0 aromatic carbocycles. The first-order valence-electron chi connectivity index (χ1n) is 18.7. The van der Waals surface area contributed by atoms with Crippen LogP contribution in [0.25, 0.3) is 0 Å². The van der Waals surface area contributed by atoms with Gasteiger partial charge in [-0.2, -0.15) is 8.78 Å². The van der Waals surface area contributed by atoms with E-state index in [-0.39, 0.29) is 6.10 Å². The molecule has 0 aliphatic heterocycles. The van der Waals surface area contributed by atoms with Gasteiger partial charge in [0.2, 0.25) is 0 Å². The van der Waals surface area contributed by atoms with Crippen molar-refractivity contribution in [2.24, 2.45) is 53.3 Å². The zero-order valence-corrected chi connectivity index (χ0v) is 27.9. The fraction of sp³-hybridized carbons (Fsp3) is 0.974. The van der Waals surface area contributed by atoms with Crippen LogP contribution in [0, 0.1) is 53.3 Å². The molecule has 0 atom stereocenters. The molecule has 0 bridgehead atoms. The predicted octanol–water partition coefficient (Wildman–Crippen LogP) is 11.8. The van der Waals surface area contributed by atoms with Crippen molar-refractivity contribution in [2.45, 2.75) is 181 Å². The molecule has 0 amide bonds. The average molecular weight is 593 g/mol. The van der Waals surface area contributed by atoms with Gasteiger partial charge in [-0.1, -0.05) is 91.9 Å². The van der Waals surface area contributed by atoms with Crippen molar-refractivity contribution in [1.82, 2.24) is 0 Å². The van der Waals surface area contributed by atoms with Crippen molar-refractivity contribution in [2.75, 3.05) is 0 Å². The van der Waals surface area contributed by atoms with Gasteiger partial charge in [0.15, 0.2) is 0 Å². The Morgan fingerprint density at radius 1 is 0.524 bits per heavy atom. The summed E-state index contributed by atoms with van der Waals surface area (Å²) in [6.07, 6.45) is 22.5. The summed E-state index contributed by atoms with van der Waals surface area (Å²) in [7, 11) is 0. The van der Waals surface area contributed by atoms with Gasteiger partial charge in [-0.3, -0.25) is 4.79 Å². The van der Waals surface area contributed by atoms with Crippen LogP contribution >= 0.6 is 0 Å². The molecule has 0 aromatic rings. The minimum Gasteiger partial charge on any atom is -0.317 e. The fourth-order valence-electron chi connectivity index (χ4n) is 8.96. The summed E-state index contributed by atoms with van der Waals surface area (Å²) < 4.78 is 33.4. The molecule has 0 saturated heterocycles. The fourth-order valence-corrected chi connectivity index (χ4v) is 8.96. The number of carbonyl (C=O) groups is 1. The first-order chi connectivity index (χ1) is 20.1. The van der Waals surface area contributed by atoms with Gasteiger partial charge in [-0.15, -0.1) is 0 Å². The maximum atomic E-state index is 14.1. The molecular weight excluding hydrogens is 526 g/mol. The Kier molecular flexibility index (Phi) is 13.7. The van der Waals surface area contributed by atoms with E-state index < -0.39 is 12.0 Å². The summed E-state index contributed by atoms with van der Waals surface area (Å²) in [5.74, 6) is 6.01. The Bertz CT molecular complexity index is 758. The van der Waals surface area contributed by atoms with Gasteiger partial charge in [-0.05, 0) is 113 Å². The summed E-state index contributed by atoms with van der Waals surface area (Å²) in [6.45, 7) is 9.11. The van der Waals surface area contributed by atoms with Crippen molar-refractivity contribution < 1.29 is 18.3 Å². The van der Waals surface area contributed by atoms with E-state index in [0.29, 0.717) is 42.3 Å². The van der Waals surface area contributed by atoms with E-state index in [1.54, 1.807) is 0 Å². The van der Waals surface area contributed by atoms with E-state index in [9.17, 15) is 13.6 Å². The molecule has 0 spiro atoms. The van der Waals surface area contributed by atoms with Crippen LogP contribution in [0.2, 0.25) is 0 Å². The zero-order chi connectivity index (χ0) is 30.1. The van der Waals surface area contributed by atoms with Crippen LogP contribution in [0.15, 0.2) is 0 Å². The topological polar surface area (TPSA) is 26.3 Å². The standard InChI is InChI=1S/C23H40O.C15H26F2O/c1-17-3-7-19(8-4-17)9-10-20-11-15-22(16-12-20)23(24)21-13-5-18(2)6-14-21;1-11-3-7-13(8-4-11)15(16,17)18-14-9-5-12(2)6-10-14/h17-22H,3-16H2,1-2H3;11-14H,3-10H2,1-2H3. The van der Waals surface area contributed by atoms with Gasteiger partial charge >= 0.3 is 6.11 Å². The zero-order valence-electron chi connectivity index (χ0n) is 27.9. The van der Waals surface area contributed by atoms with Gasteiger partial charge < -0.3 is 4.74 Å². The first-order valence-corrected chi connectivity index (χ1v) is 18.7. The molecule has 0 heterocycles. The second kappa shape index (κ2) is 16.7. The van der Waals surface area contributed by atoms with Crippen molar-refractivity contribution in [3.63, 3.8) is 0 Å². The number of alkyl halides is 2. The number of hydrogen-bond acceptors (Lipinski definition) is 2. The molecule has 244 valence electrons. The quantitative estimate of drug-likeness (QED) is 0.280. The minimum atomic E-state index is -2.90. The number of carbonyl (C=O) groups excluding carboxylic acids is 1. The normalized spacial score (nSPS) is 40.0. The molecule has 0 radical (unpaired) electrons. The molecule has 5 aliphatic rings. The molecular formula is C38H66F2O2. The Labute approximate surface area is 258 Å². The van der Waals surface area contributed by atoms with Crippen LogP contribution in [-0.2, 0) is 9.53 Å². The summed E-state index contributed by atoms with van der Waals surface area (Å²) in [5.41, 5.74) is 0. The van der Waals surface area contributed by atoms with E-state index in [1.807, 2.05) is 0 Å². The number of rotatable bonds is 8. The Morgan fingerprint density at radius 2 is 0.857 bits per heavy atom. The highest BCUT2D eigenvalue weighted by Crippen LogP contribution is 2.42. The molecule has 0 unspecified atom stereocenters. The average Bonchev–Trinajstić information content (AvgIpc) is 2.99. The maximum absolute atomic E-state index is 14.1. The van der Waals surface area contributed by atoms with Crippen molar-refractivity contribution in [1.29, 1.82) is 0 Å². The van der Waals surface area contributed by atoms with E-state index in [2.05, 4.69) is 27.7 Å². The van der Waals surface area contributed by atoms with E-state index in [4.69, 9.17) is 4.74 Å². The molecule has 5 fully saturated rings. The summed E-state index contributed by atoms with van der Waals surface area (Å²) in [4.78, 5) is 12.8. The Balaban J connectivity index is 0.000000201. The largest absolute Gasteiger partial charge is 0.358 e. The minimum absolute atomic E-state index is 0.212. The maximum Gasteiger partial charge on any atom is 0.358 e. The van der Waals surface area contributed by atoms with Crippen LogP contribution < -0.4 is 0 Å². The van der Waals surface area contributed by atoms with Crippen LogP contribution in [0.3, 0.4) is 0 Å². The lowest BCUT2D eigenvalue weighted by Crippen LogP contribution is -2.38. The molecule has 5 saturated carbocycles. The van der Waals surface area contributed by atoms with Gasteiger partial charge in [0, 0.05) is 11.8 Å². The van der Waals surface area contributed by atoms with Gasteiger partial charge in [0.05, 0.1) is 12.0 Å². The van der Waals surface area contributed by atoms with E-state index in [1.165, 1.54) is 89.9 Å². The first kappa shape index (κ1) is 34.4. The number of ketones is 1. The SMILES string of the molecule is CC1CCC(CCC2CCC(C(=O)C3CCC(C)CC3)CC2)CC1.CC1CCC(OC(F)(F)C2CCC(C)CC2)CC1. The highest BCUT2D eigenvalue weighted by atomic mass is 19.3. The molecule has 0 N–H and O–H groups in total. The molecule has 42 heavy (non-hydrogen) atoms. The lowest BCUT2D eigenvalue weighted by Gasteiger charge is -2.36.